The van der Waals surface area contributed by atoms with Crippen molar-refractivity contribution in [2.45, 2.75) is 44.9 Å². The van der Waals surface area contributed by atoms with Gasteiger partial charge >= 0.3 is 6.18 Å². The summed E-state index contributed by atoms with van der Waals surface area (Å²) in [5.41, 5.74) is 0.517. The van der Waals surface area contributed by atoms with Crippen LogP contribution in [0.3, 0.4) is 0 Å². The van der Waals surface area contributed by atoms with E-state index in [0.717, 1.165) is 35.9 Å². The maximum Gasteiger partial charge on any atom is 0.433 e. The van der Waals surface area contributed by atoms with Crippen LogP contribution < -0.4 is 4.74 Å². The molecule has 1 saturated carbocycles. The van der Waals surface area contributed by atoms with Crippen molar-refractivity contribution in [2.75, 3.05) is 0 Å². The number of nitrogens with zero attached hydrogens (tertiary/aromatic N) is 4. The van der Waals surface area contributed by atoms with Gasteiger partial charge in [-0.15, -0.1) is 0 Å². The van der Waals surface area contributed by atoms with E-state index in [1.54, 1.807) is 19.1 Å². The zero-order valence-corrected chi connectivity index (χ0v) is 15.2. The van der Waals surface area contributed by atoms with E-state index in [1.165, 1.54) is 6.92 Å². The molecule has 1 aliphatic rings. The van der Waals surface area contributed by atoms with Crippen LogP contribution >= 0.6 is 0 Å². The van der Waals surface area contributed by atoms with E-state index in [-0.39, 0.29) is 11.7 Å². The molecule has 0 saturated heterocycles. The molecule has 1 aromatic carbocycles. The number of hydrogen-bond donors (Lipinski definition) is 0. The maximum atomic E-state index is 12.9. The van der Waals surface area contributed by atoms with Crippen LogP contribution in [0.25, 0.3) is 11.5 Å². The number of rotatable bonds is 5. The second kappa shape index (κ2) is 6.88. The van der Waals surface area contributed by atoms with Gasteiger partial charge in [-0.3, -0.25) is 0 Å². The molecule has 0 spiro atoms. The van der Waals surface area contributed by atoms with Crippen molar-refractivity contribution in [1.29, 1.82) is 0 Å². The molecular formula is C19H17F3N4O2. The Labute approximate surface area is 158 Å². The molecule has 1 aliphatic carbocycles. The normalized spacial score (nSPS) is 15.5. The topological polar surface area (TPSA) is 73.9 Å². The molecule has 1 unspecified atom stereocenters. The number of ether oxygens (including phenoxy) is 1. The van der Waals surface area contributed by atoms with E-state index in [0.29, 0.717) is 11.8 Å². The van der Waals surface area contributed by atoms with Gasteiger partial charge in [-0.2, -0.15) is 23.1 Å². The number of hydrogen-bond acceptors (Lipinski definition) is 6. The highest BCUT2D eigenvalue weighted by molar-refractivity contribution is 5.53. The van der Waals surface area contributed by atoms with Gasteiger partial charge in [-0.05, 0) is 44.4 Å². The molecule has 0 amide bonds. The minimum atomic E-state index is -4.56. The van der Waals surface area contributed by atoms with E-state index >= 15 is 0 Å². The third-order valence-electron chi connectivity index (χ3n) is 4.41. The van der Waals surface area contributed by atoms with Gasteiger partial charge in [0.2, 0.25) is 5.88 Å². The second-order valence-corrected chi connectivity index (χ2v) is 6.75. The average Bonchev–Trinajstić information content (AvgIpc) is 3.37. The van der Waals surface area contributed by atoms with Crippen molar-refractivity contribution in [1.82, 2.24) is 20.1 Å². The van der Waals surface area contributed by atoms with Crippen LogP contribution in [0.1, 0.15) is 54.7 Å². The molecule has 1 atom stereocenters. The lowest BCUT2D eigenvalue weighted by Gasteiger charge is -2.16. The fraction of sp³-hybridized carbons (Fsp3) is 0.368. The SMILES string of the molecule is Cc1nc(OC(C)c2ccc(-c3nc(C4CC4)no3)cc2)cc(C(F)(F)F)n1. The van der Waals surface area contributed by atoms with E-state index < -0.39 is 18.0 Å². The van der Waals surface area contributed by atoms with Gasteiger partial charge < -0.3 is 9.26 Å². The van der Waals surface area contributed by atoms with E-state index in [4.69, 9.17) is 9.26 Å². The number of benzene rings is 1. The number of halogens is 3. The predicted molar refractivity (Wildman–Crippen MR) is 92.5 cm³/mol. The molecular weight excluding hydrogens is 373 g/mol. The Kier molecular flexibility index (Phi) is 4.52. The Bertz CT molecular complexity index is 982. The summed E-state index contributed by atoms with van der Waals surface area (Å²) >= 11 is 0. The first-order valence-electron chi connectivity index (χ1n) is 8.83. The molecule has 4 rings (SSSR count). The van der Waals surface area contributed by atoms with Crippen molar-refractivity contribution in [2.24, 2.45) is 0 Å². The highest BCUT2D eigenvalue weighted by Crippen LogP contribution is 2.39. The molecule has 6 nitrogen and oxygen atoms in total. The quantitative estimate of drug-likeness (QED) is 0.619. The monoisotopic (exact) mass is 390 g/mol. The summed E-state index contributed by atoms with van der Waals surface area (Å²) in [6.45, 7) is 3.12. The summed E-state index contributed by atoms with van der Waals surface area (Å²) in [4.78, 5) is 11.7. The lowest BCUT2D eigenvalue weighted by Crippen LogP contribution is -2.12. The third kappa shape index (κ3) is 3.97. The van der Waals surface area contributed by atoms with Gasteiger partial charge in [0.1, 0.15) is 11.9 Å². The molecule has 3 aromatic rings. The van der Waals surface area contributed by atoms with Crippen molar-refractivity contribution < 1.29 is 22.4 Å². The second-order valence-electron chi connectivity index (χ2n) is 6.75. The van der Waals surface area contributed by atoms with Gasteiger partial charge in [-0.25, -0.2) is 4.98 Å². The largest absolute Gasteiger partial charge is 0.470 e. The Hall–Kier alpha value is -2.97. The van der Waals surface area contributed by atoms with Crippen molar-refractivity contribution in [3.05, 3.63) is 53.2 Å². The summed E-state index contributed by atoms with van der Waals surface area (Å²) in [5, 5.41) is 3.99. The number of alkyl halides is 3. The fourth-order valence-electron chi connectivity index (χ4n) is 2.75. The predicted octanol–water partition coefficient (Wildman–Crippen LogP) is 4.87. The van der Waals surface area contributed by atoms with Crippen LogP contribution in [0.4, 0.5) is 13.2 Å². The lowest BCUT2D eigenvalue weighted by atomic mass is 10.1. The molecule has 2 heterocycles. The Morgan fingerprint density at radius 2 is 1.82 bits per heavy atom. The maximum absolute atomic E-state index is 12.9. The molecule has 1 fully saturated rings. The van der Waals surface area contributed by atoms with Crippen molar-refractivity contribution >= 4 is 0 Å². The standard InChI is InChI=1S/C19H17F3N4O2/c1-10(27-16-9-15(19(20,21)22)23-11(2)24-16)12-3-7-14(8-4-12)18-25-17(26-28-18)13-5-6-13/h3-4,7-10,13H,5-6H2,1-2H3. The molecule has 2 aromatic heterocycles. The third-order valence-corrected chi connectivity index (χ3v) is 4.41. The van der Waals surface area contributed by atoms with Gasteiger partial charge in [-0.1, -0.05) is 17.3 Å². The Morgan fingerprint density at radius 3 is 2.46 bits per heavy atom. The summed E-state index contributed by atoms with van der Waals surface area (Å²) in [5.74, 6) is 1.46. The van der Waals surface area contributed by atoms with Crippen LogP contribution in [0.15, 0.2) is 34.9 Å². The van der Waals surface area contributed by atoms with Crippen LogP contribution in [0.2, 0.25) is 0 Å². The zero-order valence-electron chi connectivity index (χ0n) is 15.2. The molecule has 28 heavy (non-hydrogen) atoms. The highest BCUT2D eigenvalue weighted by atomic mass is 19.4. The van der Waals surface area contributed by atoms with Crippen LogP contribution in [-0.4, -0.2) is 20.1 Å². The summed E-state index contributed by atoms with van der Waals surface area (Å²) in [6.07, 6.45) is -2.88. The molecule has 146 valence electrons. The first-order valence-corrected chi connectivity index (χ1v) is 8.83. The molecule has 9 heteroatoms. The number of aryl methyl sites for hydroxylation is 1. The first-order chi connectivity index (χ1) is 13.3. The van der Waals surface area contributed by atoms with E-state index in [2.05, 4.69) is 20.1 Å². The van der Waals surface area contributed by atoms with Crippen LogP contribution in [0.5, 0.6) is 5.88 Å². The lowest BCUT2D eigenvalue weighted by molar-refractivity contribution is -0.141. The fourth-order valence-corrected chi connectivity index (χ4v) is 2.75. The molecule has 0 radical (unpaired) electrons. The zero-order chi connectivity index (χ0) is 19.9. The summed E-state index contributed by atoms with van der Waals surface area (Å²) < 4.78 is 49.6. The highest BCUT2D eigenvalue weighted by Gasteiger charge is 2.34. The Balaban J connectivity index is 1.49. The molecule has 0 bridgehead atoms. The minimum absolute atomic E-state index is 0.00441. The van der Waals surface area contributed by atoms with E-state index in [1.807, 2.05) is 12.1 Å². The first kappa shape index (κ1) is 18.4. The van der Waals surface area contributed by atoms with Crippen molar-refractivity contribution in [3.63, 3.8) is 0 Å². The number of aromatic nitrogens is 4. The summed E-state index contributed by atoms with van der Waals surface area (Å²) in [7, 11) is 0. The van der Waals surface area contributed by atoms with Gasteiger partial charge in [0, 0.05) is 17.5 Å². The Morgan fingerprint density at radius 1 is 1.11 bits per heavy atom. The van der Waals surface area contributed by atoms with Crippen LogP contribution in [-0.2, 0) is 6.18 Å². The minimum Gasteiger partial charge on any atom is -0.470 e. The molecule has 0 aliphatic heterocycles. The van der Waals surface area contributed by atoms with Crippen LogP contribution in [0, 0.1) is 6.92 Å². The molecule has 0 N–H and O–H groups in total. The average molecular weight is 390 g/mol. The van der Waals surface area contributed by atoms with E-state index in [9.17, 15) is 13.2 Å². The summed E-state index contributed by atoms with van der Waals surface area (Å²) in [6, 6.07) is 8.03. The van der Waals surface area contributed by atoms with Gasteiger partial charge in [0.25, 0.3) is 5.89 Å². The van der Waals surface area contributed by atoms with Gasteiger partial charge in [0.05, 0.1) is 0 Å². The van der Waals surface area contributed by atoms with Gasteiger partial charge in [0.15, 0.2) is 11.5 Å². The smallest absolute Gasteiger partial charge is 0.433 e. The van der Waals surface area contributed by atoms with Crippen molar-refractivity contribution in [3.8, 4) is 17.3 Å².